The first kappa shape index (κ1) is 13.8. The van der Waals surface area contributed by atoms with Crippen LogP contribution in [0.1, 0.15) is 24.5 Å². The lowest BCUT2D eigenvalue weighted by molar-refractivity contribution is -0.118. The van der Waals surface area contributed by atoms with Gasteiger partial charge in [-0.1, -0.05) is 48.5 Å². The number of benzene rings is 2. The van der Waals surface area contributed by atoms with Crippen molar-refractivity contribution in [2.45, 2.75) is 25.4 Å². The molecule has 0 aromatic heterocycles. The third kappa shape index (κ3) is 2.69. The van der Waals surface area contributed by atoms with Gasteiger partial charge in [-0.05, 0) is 25.0 Å². The first-order valence-electron chi connectivity index (χ1n) is 7.24. The smallest absolute Gasteiger partial charge is 0.231 e. The Balaban J connectivity index is 1.88. The summed E-state index contributed by atoms with van der Waals surface area (Å²) in [6.07, 6.45) is 0.946. The predicted molar refractivity (Wildman–Crippen MR) is 83.1 cm³/mol. The van der Waals surface area contributed by atoms with Crippen molar-refractivity contribution >= 4 is 11.6 Å². The number of carbonyl (C=O) groups is 1. The van der Waals surface area contributed by atoms with Crippen LogP contribution in [0.2, 0.25) is 0 Å². The lowest BCUT2D eigenvalue weighted by Crippen LogP contribution is -2.42. The summed E-state index contributed by atoms with van der Waals surface area (Å²) < 4.78 is 0. The van der Waals surface area contributed by atoms with Gasteiger partial charge in [-0.25, -0.2) is 0 Å². The van der Waals surface area contributed by atoms with Crippen LogP contribution in [0.4, 0.5) is 5.69 Å². The molecule has 0 spiro atoms. The maximum Gasteiger partial charge on any atom is 0.231 e. The van der Waals surface area contributed by atoms with Gasteiger partial charge in [0.05, 0.1) is 12.0 Å². The molecule has 1 N–H and O–H groups in total. The molecule has 0 radical (unpaired) electrons. The van der Waals surface area contributed by atoms with Crippen LogP contribution in [-0.2, 0) is 16.8 Å². The molecule has 1 amide bonds. The molecule has 3 nitrogen and oxygen atoms in total. The van der Waals surface area contributed by atoms with Gasteiger partial charge < -0.3 is 10.0 Å². The molecule has 1 aliphatic rings. The van der Waals surface area contributed by atoms with Crippen molar-refractivity contribution in [3.63, 3.8) is 0 Å². The van der Waals surface area contributed by atoms with Crippen LogP contribution < -0.4 is 4.90 Å². The molecular formula is C18H19NO2. The van der Waals surface area contributed by atoms with E-state index in [-0.39, 0.29) is 5.91 Å². The molecule has 0 saturated carbocycles. The molecule has 0 fully saturated rings. The van der Waals surface area contributed by atoms with Crippen molar-refractivity contribution in [1.29, 1.82) is 0 Å². The van der Waals surface area contributed by atoms with E-state index in [1.807, 2.05) is 61.5 Å². The Morgan fingerprint density at radius 2 is 1.81 bits per heavy atom. The van der Waals surface area contributed by atoms with Gasteiger partial charge in [-0.2, -0.15) is 0 Å². The largest absolute Gasteiger partial charge is 0.385 e. The van der Waals surface area contributed by atoms with Crippen molar-refractivity contribution in [2.24, 2.45) is 0 Å². The first-order valence-corrected chi connectivity index (χ1v) is 7.24. The fourth-order valence-corrected chi connectivity index (χ4v) is 2.87. The highest BCUT2D eigenvalue weighted by Gasteiger charge is 2.34. The average Bonchev–Trinajstić information content (AvgIpc) is 2.48. The van der Waals surface area contributed by atoms with E-state index in [1.54, 1.807) is 4.90 Å². The van der Waals surface area contributed by atoms with Gasteiger partial charge in [0.25, 0.3) is 0 Å². The third-order valence-electron chi connectivity index (χ3n) is 4.10. The van der Waals surface area contributed by atoms with Crippen molar-refractivity contribution < 1.29 is 9.90 Å². The van der Waals surface area contributed by atoms with Crippen LogP contribution in [0, 0.1) is 0 Å². The number of amides is 1. The molecular weight excluding hydrogens is 262 g/mol. The molecule has 2 aromatic rings. The normalized spacial score (nSPS) is 21.0. The standard InChI is InChI=1S/C18H19NO2/c1-18(21)11-12-19(16-10-6-5-9-15(16)18)17(20)13-14-7-3-2-4-8-14/h2-10,21H,11-13H2,1H3. The third-order valence-corrected chi connectivity index (χ3v) is 4.10. The average molecular weight is 281 g/mol. The number of rotatable bonds is 2. The number of hydrogen-bond donors (Lipinski definition) is 1. The molecule has 0 aliphatic carbocycles. The van der Waals surface area contributed by atoms with Gasteiger partial charge in [0, 0.05) is 17.8 Å². The van der Waals surface area contributed by atoms with E-state index in [9.17, 15) is 9.90 Å². The minimum absolute atomic E-state index is 0.0733. The fourth-order valence-electron chi connectivity index (χ4n) is 2.87. The van der Waals surface area contributed by atoms with Crippen molar-refractivity contribution in [2.75, 3.05) is 11.4 Å². The topological polar surface area (TPSA) is 40.5 Å². The summed E-state index contributed by atoms with van der Waals surface area (Å²) in [4.78, 5) is 14.4. The van der Waals surface area contributed by atoms with Gasteiger partial charge in [0.1, 0.15) is 0 Å². The highest BCUT2D eigenvalue weighted by Crippen LogP contribution is 2.37. The summed E-state index contributed by atoms with van der Waals surface area (Å²) in [5.74, 6) is 0.0733. The molecule has 0 bridgehead atoms. The molecule has 1 unspecified atom stereocenters. The van der Waals surface area contributed by atoms with E-state index in [1.165, 1.54) is 0 Å². The van der Waals surface area contributed by atoms with E-state index in [2.05, 4.69) is 0 Å². The SMILES string of the molecule is CC1(O)CCN(C(=O)Cc2ccccc2)c2ccccc21. The Morgan fingerprint density at radius 3 is 2.57 bits per heavy atom. The molecule has 3 heteroatoms. The summed E-state index contributed by atoms with van der Waals surface area (Å²) in [6.45, 7) is 2.36. The highest BCUT2D eigenvalue weighted by atomic mass is 16.3. The van der Waals surface area contributed by atoms with E-state index in [4.69, 9.17) is 0 Å². The summed E-state index contributed by atoms with van der Waals surface area (Å²) in [5, 5.41) is 10.5. The number of anilines is 1. The highest BCUT2D eigenvalue weighted by molar-refractivity contribution is 5.96. The van der Waals surface area contributed by atoms with Gasteiger partial charge in [0.2, 0.25) is 5.91 Å². The molecule has 1 aliphatic heterocycles. The maximum atomic E-state index is 12.6. The first-order chi connectivity index (χ1) is 10.1. The minimum atomic E-state index is -0.861. The Kier molecular flexibility index (Phi) is 3.52. The van der Waals surface area contributed by atoms with E-state index in [0.29, 0.717) is 19.4 Å². The van der Waals surface area contributed by atoms with Gasteiger partial charge in [-0.15, -0.1) is 0 Å². The molecule has 1 atom stereocenters. The van der Waals surface area contributed by atoms with Gasteiger partial charge >= 0.3 is 0 Å². The Morgan fingerprint density at radius 1 is 1.14 bits per heavy atom. The number of aliphatic hydroxyl groups is 1. The predicted octanol–water partition coefficient (Wildman–Crippen LogP) is 2.87. The Hall–Kier alpha value is -2.13. The zero-order valence-electron chi connectivity index (χ0n) is 12.1. The number of nitrogens with zero attached hydrogens (tertiary/aromatic N) is 1. The molecule has 21 heavy (non-hydrogen) atoms. The second kappa shape index (κ2) is 5.34. The van der Waals surface area contributed by atoms with Gasteiger partial charge in [-0.3, -0.25) is 4.79 Å². The second-order valence-corrected chi connectivity index (χ2v) is 5.75. The summed E-state index contributed by atoms with van der Waals surface area (Å²) >= 11 is 0. The van der Waals surface area contributed by atoms with Crippen LogP contribution in [0.15, 0.2) is 54.6 Å². The van der Waals surface area contributed by atoms with E-state index >= 15 is 0 Å². The zero-order valence-corrected chi connectivity index (χ0v) is 12.1. The van der Waals surface area contributed by atoms with Crippen molar-refractivity contribution in [3.05, 3.63) is 65.7 Å². The van der Waals surface area contributed by atoms with E-state index < -0.39 is 5.60 Å². The quantitative estimate of drug-likeness (QED) is 0.919. The number of fused-ring (bicyclic) bond motifs is 1. The summed E-state index contributed by atoms with van der Waals surface area (Å²) in [7, 11) is 0. The summed E-state index contributed by atoms with van der Waals surface area (Å²) in [6, 6.07) is 17.4. The van der Waals surface area contributed by atoms with Gasteiger partial charge in [0.15, 0.2) is 0 Å². The van der Waals surface area contributed by atoms with Crippen LogP contribution in [0.5, 0.6) is 0 Å². The van der Waals surface area contributed by atoms with Crippen LogP contribution in [0.25, 0.3) is 0 Å². The Bertz CT molecular complexity index is 649. The zero-order chi connectivity index (χ0) is 14.9. The molecule has 3 rings (SSSR count). The summed E-state index contributed by atoms with van der Waals surface area (Å²) in [5.41, 5.74) is 1.81. The van der Waals surface area contributed by atoms with Crippen LogP contribution in [0.3, 0.4) is 0 Å². The molecule has 1 heterocycles. The second-order valence-electron chi connectivity index (χ2n) is 5.75. The van der Waals surface area contributed by atoms with E-state index in [0.717, 1.165) is 16.8 Å². The maximum absolute atomic E-state index is 12.6. The number of carbonyl (C=O) groups excluding carboxylic acids is 1. The van der Waals surface area contributed by atoms with Crippen molar-refractivity contribution in [3.8, 4) is 0 Å². The lowest BCUT2D eigenvalue weighted by atomic mass is 9.87. The minimum Gasteiger partial charge on any atom is -0.385 e. The van der Waals surface area contributed by atoms with Crippen LogP contribution >= 0.6 is 0 Å². The number of para-hydroxylation sites is 1. The monoisotopic (exact) mass is 281 g/mol. The van der Waals surface area contributed by atoms with Crippen molar-refractivity contribution in [1.82, 2.24) is 0 Å². The Labute approximate surface area is 124 Å². The molecule has 0 saturated heterocycles. The molecule has 2 aromatic carbocycles. The van der Waals surface area contributed by atoms with Crippen LogP contribution in [-0.4, -0.2) is 17.6 Å². The number of hydrogen-bond acceptors (Lipinski definition) is 2. The molecule has 108 valence electrons. The fraction of sp³-hybridized carbons (Fsp3) is 0.278. The lowest BCUT2D eigenvalue weighted by Gasteiger charge is -2.38.